The zero-order valence-electron chi connectivity index (χ0n) is 9.36. The van der Waals surface area contributed by atoms with Crippen LogP contribution in [0.25, 0.3) is 0 Å². The second-order valence-corrected chi connectivity index (χ2v) is 4.11. The van der Waals surface area contributed by atoms with E-state index in [-0.39, 0.29) is 18.4 Å². The lowest BCUT2D eigenvalue weighted by molar-refractivity contribution is -0.143. The van der Waals surface area contributed by atoms with Gasteiger partial charge in [0.15, 0.2) is 0 Å². The van der Waals surface area contributed by atoms with E-state index < -0.39 is 6.04 Å². The van der Waals surface area contributed by atoms with E-state index in [0.717, 1.165) is 11.1 Å². The third-order valence-electron chi connectivity index (χ3n) is 2.68. The van der Waals surface area contributed by atoms with E-state index in [2.05, 4.69) is 5.32 Å². The van der Waals surface area contributed by atoms with Crippen molar-refractivity contribution >= 4 is 11.8 Å². The maximum absolute atomic E-state index is 11.9. The Bertz CT molecular complexity index is 442. The molecule has 1 N–H and O–H groups in total. The van der Waals surface area contributed by atoms with Crippen LogP contribution in [0, 0.1) is 6.92 Å². The Labute approximate surface area is 94.2 Å². The molecule has 0 aliphatic carbocycles. The first-order chi connectivity index (χ1) is 7.58. The van der Waals surface area contributed by atoms with Crippen molar-refractivity contribution in [2.75, 3.05) is 13.6 Å². The number of nitrogens with zero attached hydrogens (tertiary/aromatic N) is 1. The maximum atomic E-state index is 11.9. The minimum absolute atomic E-state index is 0.0646. The van der Waals surface area contributed by atoms with E-state index in [0.29, 0.717) is 0 Å². The van der Waals surface area contributed by atoms with Gasteiger partial charge < -0.3 is 10.2 Å². The molecule has 0 aromatic heterocycles. The minimum Gasteiger partial charge on any atom is -0.339 e. The highest BCUT2D eigenvalue weighted by atomic mass is 16.2. The van der Waals surface area contributed by atoms with Crippen LogP contribution in [0.1, 0.15) is 17.2 Å². The Morgan fingerprint density at radius 1 is 1.38 bits per heavy atom. The summed E-state index contributed by atoms with van der Waals surface area (Å²) < 4.78 is 0. The molecule has 0 saturated carbocycles. The standard InChI is InChI=1S/C12H14N2O2/c1-8-4-3-5-9(6-8)11-12(16)14(2)7-10(15)13-11/h3-6,11H,7H2,1-2H3,(H,13,15)/t11-/m1/s1. The van der Waals surface area contributed by atoms with E-state index in [4.69, 9.17) is 0 Å². The van der Waals surface area contributed by atoms with E-state index in [1.54, 1.807) is 7.05 Å². The monoisotopic (exact) mass is 218 g/mol. The summed E-state index contributed by atoms with van der Waals surface area (Å²) in [5, 5.41) is 2.71. The molecular formula is C12H14N2O2. The van der Waals surface area contributed by atoms with Crippen LogP contribution >= 0.6 is 0 Å². The van der Waals surface area contributed by atoms with Crippen LogP contribution in [0.2, 0.25) is 0 Å². The third-order valence-corrected chi connectivity index (χ3v) is 2.68. The van der Waals surface area contributed by atoms with Crippen LogP contribution in [0.5, 0.6) is 0 Å². The number of likely N-dealkylation sites (N-methyl/N-ethyl adjacent to an activating group) is 1. The van der Waals surface area contributed by atoms with Crippen LogP contribution in [-0.2, 0) is 9.59 Å². The van der Waals surface area contributed by atoms with Crippen molar-refractivity contribution in [2.24, 2.45) is 0 Å². The van der Waals surface area contributed by atoms with Crippen LogP contribution in [0.3, 0.4) is 0 Å². The molecule has 1 aromatic carbocycles. The van der Waals surface area contributed by atoms with Gasteiger partial charge >= 0.3 is 0 Å². The Kier molecular flexibility index (Phi) is 2.64. The topological polar surface area (TPSA) is 49.4 Å². The highest BCUT2D eigenvalue weighted by Crippen LogP contribution is 2.19. The predicted molar refractivity (Wildman–Crippen MR) is 59.7 cm³/mol. The highest BCUT2D eigenvalue weighted by Gasteiger charge is 2.31. The molecule has 1 atom stereocenters. The maximum Gasteiger partial charge on any atom is 0.250 e. The molecule has 1 fully saturated rings. The minimum atomic E-state index is -0.536. The first-order valence-corrected chi connectivity index (χ1v) is 5.19. The number of carbonyl (C=O) groups is 2. The van der Waals surface area contributed by atoms with Gasteiger partial charge in [0.25, 0.3) is 0 Å². The average molecular weight is 218 g/mol. The van der Waals surface area contributed by atoms with Gasteiger partial charge in [-0.15, -0.1) is 0 Å². The number of hydrogen-bond donors (Lipinski definition) is 1. The van der Waals surface area contributed by atoms with Crippen molar-refractivity contribution in [2.45, 2.75) is 13.0 Å². The lowest BCUT2D eigenvalue weighted by Gasteiger charge is -2.30. The van der Waals surface area contributed by atoms with E-state index in [1.807, 2.05) is 31.2 Å². The normalized spacial score (nSPS) is 20.9. The number of rotatable bonds is 1. The SMILES string of the molecule is Cc1cccc([C@H]2NC(=O)CN(C)C2=O)c1. The summed E-state index contributed by atoms with van der Waals surface area (Å²) in [6, 6.07) is 7.09. The van der Waals surface area contributed by atoms with Gasteiger partial charge in [-0.05, 0) is 12.5 Å². The van der Waals surface area contributed by atoms with E-state index >= 15 is 0 Å². The van der Waals surface area contributed by atoms with Crippen molar-refractivity contribution in [3.63, 3.8) is 0 Å². The summed E-state index contributed by atoms with van der Waals surface area (Å²) in [5.41, 5.74) is 1.91. The number of piperazine rings is 1. The molecule has 4 nitrogen and oxygen atoms in total. The molecule has 0 radical (unpaired) electrons. The van der Waals surface area contributed by atoms with Gasteiger partial charge in [-0.1, -0.05) is 29.8 Å². The zero-order chi connectivity index (χ0) is 11.7. The quantitative estimate of drug-likeness (QED) is 0.751. The van der Waals surface area contributed by atoms with Gasteiger partial charge in [0.1, 0.15) is 6.04 Å². The molecule has 84 valence electrons. The molecule has 0 unspecified atom stereocenters. The van der Waals surface area contributed by atoms with Gasteiger partial charge in [-0.3, -0.25) is 9.59 Å². The van der Waals surface area contributed by atoms with Crippen molar-refractivity contribution in [3.8, 4) is 0 Å². The van der Waals surface area contributed by atoms with Crippen molar-refractivity contribution in [3.05, 3.63) is 35.4 Å². The number of carbonyl (C=O) groups excluding carboxylic acids is 2. The molecule has 4 heteroatoms. The Morgan fingerprint density at radius 2 is 2.12 bits per heavy atom. The largest absolute Gasteiger partial charge is 0.339 e. The molecule has 0 bridgehead atoms. The van der Waals surface area contributed by atoms with Gasteiger partial charge in [0.2, 0.25) is 11.8 Å². The third kappa shape index (κ3) is 1.91. The fourth-order valence-corrected chi connectivity index (χ4v) is 1.86. The molecule has 16 heavy (non-hydrogen) atoms. The molecule has 1 aromatic rings. The van der Waals surface area contributed by atoms with Gasteiger partial charge in [-0.25, -0.2) is 0 Å². The van der Waals surface area contributed by atoms with E-state index in [1.165, 1.54) is 4.90 Å². The second-order valence-electron chi connectivity index (χ2n) is 4.11. The van der Waals surface area contributed by atoms with Gasteiger partial charge in [-0.2, -0.15) is 0 Å². The van der Waals surface area contributed by atoms with Crippen LogP contribution in [-0.4, -0.2) is 30.3 Å². The number of hydrogen-bond acceptors (Lipinski definition) is 2. The average Bonchev–Trinajstić information content (AvgIpc) is 2.23. The predicted octanol–water partition coefficient (Wildman–Crippen LogP) is 0.624. The zero-order valence-corrected chi connectivity index (χ0v) is 9.36. The lowest BCUT2D eigenvalue weighted by Crippen LogP contribution is -2.51. The summed E-state index contributed by atoms with van der Waals surface area (Å²) in [5.74, 6) is -0.182. The first kappa shape index (κ1) is 10.7. The van der Waals surface area contributed by atoms with Gasteiger partial charge in [0.05, 0.1) is 6.54 Å². The van der Waals surface area contributed by atoms with Crippen LogP contribution in [0.4, 0.5) is 0 Å². The lowest BCUT2D eigenvalue weighted by atomic mass is 10.0. The Hall–Kier alpha value is -1.84. The summed E-state index contributed by atoms with van der Waals surface area (Å²) in [4.78, 5) is 24.7. The molecule has 1 aliphatic rings. The summed E-state index contributed by atoms with van der Waals surface area (Å²) in [7, 11) is 1.64. The summed E-state index contributed by atoms with van der Waals surface area (Å²) in [6.45, 7) is 2.10. The molecule has 1 aliphatic heterocycles. The number of amides is 2. The highest BCUT2D eigenvalue weighted by molar-refractivity contribution is 5.95. The van der Waals surface area contributed by atoms with Crippen molar-refractivity contribution < 1.29 is 9.59 Å². The smallest absolute Gasteiger partial charge is 0.250 e. The van der Waals surface area contributed by atoms with Crippen LogP contribution < -0.4 is 5.32 Å². The Balaban J connectivity index is 2.32. The number of benzene rings is 1. The first-order valence-electron chi connectivity index (χ1n) is 5.19. The Morgan fingerprint density at radius 3 is 2.81 bits per heavy atom. The summed E-state index contributed by atoms with van der Waals surface area (Å²) >= 11 is 0. The molecular weight excluding hydrogens is 204 g/mol. The second kappa shape index (κ2) is 3.96. The van der Waals surface area contributed by atoms with E-state index in [9.17, 15) is 9.59 Å². The number of aryl methyl sites for hydroxylation is 1. The molecule has 1 saturated heterocycles. The fraction of sp³-hybridized carbons (Fsp3) is 0.333. The molecule has 2 rings (SSSR count). The number of nitrogens with one attached hydrogen (secondary N) is 1. The van der Waals surface area contributed by atoms with Crippen LogP contribution in [0.15, 0.2) is 24.3 Å². The molecule has 0 spiro atoms. The van der Waals surface area contributed by atoms with Gasteiger partial charge in [0, 0.05) is 7.05 Å². The fourth-order valence-electron chi connectivity index (χ4n) is 1.86. The summed E-state index contributed by atoms with van der Waals surface area (Å²) in [6.07, 6.45) is 0. The van der Waals surface area contributed by atoms with Crippen molar-refractivity contribution in [1.82, 2.24) is 10.2 Å². The van der Waals surface area contributed by atoms with Crippen molar-refractivity contribution in [1.29, 1.82) is 0 Å². The molecule has 2 amide bonds. The molecule has 1 heterocycles.